The number of nitrogens with one attached hydrogen (secondary N) is 1. The van der Waals surface area contributed by atoms with E-state index in [0.717, 1.165) is 12.8 Å². The van der Waals surface area contributed by atoms with Gasteiger partial charge in [0.05, 0.1) is 29.3 Å². The fourth-order valence-corrected chi connectivity index (χ4v) is 3.72. The quantitative estimate of drug-likeness (QED) is 0.736. The second-order valence-corrected chi connectivity index (χ2v) is 7.41. The van der Waals surface area contributed by atoms with Crippen LogP contribution in [0.4, 0.5) is 5.69 Å². The summed E-state index contributed by atoms with van der Waals surface area (Å²) < 4.78 is 5.53. The Kier molecular flexibility index (Phi) is 5.09. The van der Waals surface area contributed by atoms with Gasteiger partial charge < -0.3 is 15.2 Å². The molecule has 0 aromatic heterocycles. The third-order valence-electron chi connectivity index (χ3n) is 5.37. The number of aromatic carboxylic acids is 1. The molecule has 2 aromatic carbocycles. The summed E-state index contributed by atoms with van der Waals surface area (Å²) in [5.74, 6) is -2.40. The average molecular weight is 408 g/mol. The smallest absolute Gasteiger partial charge is 0.335 e. The maximum atomic E-state index is 12.7. The first-order chi connectivity index (χ1) is 14.3. The summed E-state index contributed by atoms with van der Waals surface area (Å²) in [6.45, 7) is 2.50. The number of carbonyl (C=O) groups excluding carboxylic acids is 3. The molecule has 0 radical (unpaired) electrons. The highest BCUT2D eigenvalue weighted by atomic mass is 16.5. The number of aryl methyl sites for hydroxylation is 1. The highest BCUT2D eigenvalue weighted by Crippen LogP contribution is 2.28. The molecule has 154 valence electrons. The Morgan fingerprint density at radius 1 is 1.13 bits per heavy atom. The summed E-state index contributed by atoms with van der Waals surface area (Å²) in [6, 6.07) is 8.92. The molecular weight excluding hydrogens is 388 g/mol. The van der Waals surface area contributed by atoms with Crippen molar-refractivity contribution in [1.82, 2.24) is 4.90 Å². The molecule has 2 heterocycles. The molecule has 0 unspecified atom stereocenters. The van der Waals surface area contributed by atoms with Gasteiger partial charge in [-0.2, -0.15) is 0 Å². The van der Waals surface area contributed by atoms with Crippen molar-refractivity contribution in [2.24, 2.45) is 0 Å². The highest BCUT2D eigenvalue weighted by Gasteiger charge is 2.37. The lowest BCUT2D eigenvalue weighted by Gasteiger charge is -2.17. The van der Waals surface area contributed by atoms with Crippen LogP contribution < -0.4 is 5.32 Å². The second kappa shape index (κ2) is 7.72. The fraction of sp³-hybridized carbons (Fsp3) is 0.273. The van der Waals surface area contributed by atoms with E-state index in [1.807, 2.05) is 0 Å². The average Bonchev–Trinajstić information content (AvgIpc) is 3.31. The SMILES string of the molecule is Cc1ccc(C(=O)Nc2ccc3c(c2)C(=O)N(C[C@@H]2CCCO2)C3=O)cc1C(=O)O. The summed E-state index contributed by atoms with van der Waals surface area (Å²) in [4.78, 5) is 50.4. The Balaban J connectivity index is 1.53. The van der Waals surface area contributed by atoms with Gasteiger partial charge in [-0.25, -0.2) is 4.79 Å². The van der Waals surface area contributed by atoms with Crippen molar-refractivity contribution in [1.29, 1.82) is 0 Å². The summed E-state index contributed by atoms with van der Waals surface area (Å²) >= 11 is 0. The van der Waals surface area contributed by atoms with Gasteiger partial charge in [-0.1, -0.05) is 6.07 Å². The van der Waals surface area contributed by atoms with E-state index in [0.29, 0.717) is 23.4 Å². The summed E-state index contributed by atoms with van der Waals surface area (Å²) in [7, 11) is 0. The van der Waals surface area contributed by atoms with Crippen molar-refractivity contribution >= 4 is 29.4 Å². The molecule has 2 N–H and O–H groups in total. The number of hydrogen-bond acceptors (Lipinski definition) is 5. The van der Waals surface area contributed by atoms with E-state index >= 15 is 0 Å². The van der Waals surface area contributed by atoms with Gasteiger partial charge in [0.25, 0.3) is 17.7 Å². The van der Waals surface area contributed by atoms with Crippen molar-refractivity contribution in [3.05, 3.63) is 64.2 Å². The van der Waals surface area contributed by atoms with Crippen LogP contribution in [-0.4, -0.2) is 53.0 Å². The molecule has 1 saturated heterocycles. The predicted octanol–water partition coefficient (Wildman–Crippen LogP) is 2.72. The van der Waals surface area contributed by atoms with Gasteiger partial charge in [-0.05, 0) is 55.7 Å². The lowest BCUT2D eigenvalue weighted by atomic mass is 10.0. The molecule has 0 bridgehead atoms. The molecule has 2 aromatic rings. The molecule has 4 rings (SSSR count). The van der Waals surface area contributed by atoms with E-state index < -0.39 is 17.8 Å². The first-order valence-corrected chi connectivity index (χ1v) is 9.62. The molecule has 8 heteroatoms. The second-order valence-electron chi connectivity index (χ2n) is 7.41. The molecule has 8 nitrogen and oxygen atoms in total. The lowest BCUT2D eigenvalue weighted by molar-refractivity contribution is 0.0475. The minimum atomic E-state index is -1.12. The van der Waals surface area contributed by atoms with Crippen molar-refractivity contribution < 1.29 is 29.0 Å². The molecule has 3 amide bonds. The van der Waals surface area contributed by atoms with Gasteiger partial charge in [-0.3, -0.25) is 19.3 Å². The number of carbonyl (C=O) groups is 4. The summed E-state index contributed by atoms with van der Waals surface area (Å²) in [5, 5.41) is 11.9. The maximum absolute atomic E-state index is 12.7. The maximum Gasteiger partial charge on any atom is 0.335 e. The van der Waals surface area contributed by atoms with E-state index in [1.54, 1.807) is 19.1 Å². The normalized spacial score (nSPS) is 17.9. The van der Waals surface area contributed by atoms with Crippen LogP contribution in [0.1, 0.15) is 59.8 Å². The Hall–Kier alpha value is -3.52. The molecule has 30 heavy (non-hydrogen) atoms. The number of ether oxygens (including phenoxy) is 1. The van der Waals surface area contributed by atoms with Crippen LogP contribution in [0, 0.1) is 6.92 Å². The van der Waals surface area contributed by atoms with Crippen molar-refractivity contribution in [3.8, 4) is 0 Å². The van der Waals surface area contributed by atoms with Gasteiger partial charge in [0.15, 0.2) is 0 Å². The highest BCUT2D eigenvalue weighted by molar-refractivity contribution is 6.22. The first-order valence-electron chi connectivity index (χ1n) is 9.62. The van der Waals surface area contributed by atoms with Crippen LogP contribution in [0.3, 0.4) is 0 Å². The summed E-state index contributed by atoms with van der Waals surface area (Å²) in [6.07, 6.45) is 1.58. The van der Waals surface area contributed by atoms with Gasteiger partial charge in [-0.15, -0.1) is 0 Å². The van der Waals surface area contributed by atoms with Crippen LogP contribution in [0.25, 0.3) is 0 Å². The zero-order chi connectivity index (χ0) is 21.4. The Morgan fingerprint density at radius 3 is 2.60 bits per heavy atom. The van der Waals surface area contributed by atoms with Gasteiger partial charge in [0.2, 0.25) is 0 Å². The molecular formula is C22H20N2O6. The Morgan fingerprint density at radius 2 is 1.90 bits per heavy atom. The number of amides is 3. The number of benzene rings is 2. The van der Waals surface area contributed by atoms with Crippen LogP contribution >= 0.6 is 0 Å². The zero-order valence-electron chi connectivity index (χ0n) is 16.3. The summed E-state index contributed by atoms with van der Waals surface area (Å²) in [5.41, 5.74) is 1.64. The number of carboxylic acids is 1. The molecule has 0 spiro atoms. The number of rotatable bonds is 5. The number of imide groups is 1. The first kappa shape index (κ1) is 19.8. The number of hydrogen-bond donors (Lipinski definition) is 2. The van der Waals surface area contributed by atoms with Gasteiger partial charge in [0, 0.05) is 17.9 Å². The van der Waals surface area contributed by atoms with E-state index in [2.05, 4.69) is 5.32 Å². The monoisotopic (exact) mass is 408 g/mol. The molecule has 1 fully saturated rings. The van der Waals surface area contributed by atoms with Crippen LogP contribution in [-0.2, 0) is 4.74 Å². The van der Waals surface area contributed by atoms with Crippen LogP contribution in [0.2, 0.25) is 0 Å². The van der Waals surface area contributed by atoms with E-state index in [4.69, 9.17) is 4.74 Å². The third kappa shape index (κ3) is 3.57. The van der Waals surface area contributed by atoms with Crippen molar-refractivity contribution in [3.63, 3.8) is 0 Å². The minimum absolute atomic E-state index is 0.0437. The number of anilines is 1. The molecule has 2 aliphatic rings. The van der Waals surface area contributed by atoms with Crippen molar-refractivity contribution in [2.75, 3.05) is 18.5 Å². The van der Waals surface area contributed by atoms with Crippen molar-refractivity contribution in [2.45, 2.75) is 25.9 Å². The third-order valence-corrected chi connectivity index (χ3v) is 5.37. The zero-order valence-corrected chi connectivity index (χ0v) is 16.3. The molecule has 1 atom stereocenters. The molecule has 0 aliphatic carbocycles. The van der Waals surface area contributed by atoms with E-state index in [9.17, 15) is 24.3 Å². The standard InChI is InChI=1S/C22H20N2O6/c1-12-4-5-13(9-17(12)22(28)29)19(25)23-14-6-7-16-18(10-14)21(27)24(20(16)26)11-15-3-2-8-30-15/h4-7,9-10,15H,2-3,8,11H2,1H3,(H,23,25)(H,28,29)/t15-/m0/s1. The Bertz CT molecular complexity index is 1070. The predicted molar refractivity (Wildman–Crippen MR) is 107 cm³/mol. The van der Waals surface area contributed by atoms with Gasteiger partial charge in [0.1, 0.15) is 0 Å². The number of carboxylic acid groups (broad SMARTS) is 1. The fourth-order valence-electron chi connectivity index (χ4n) is 3.72. The van der Waals surface area contributed by atoms with Crippen LogP contribution in [0.15, 0.2) is 36.4 Å². The molecule has 0 saturated carbocycles. The van der Waals surface area contributed by atoms with Gasteiger partial charge >= 0.3 is 5.97 Å². The molecule has 2 aliphatic heterocycles. The minimum Gasteiger partial charge on any atom is -0.478 e. The van der Waals surface area contributed by atoms with E-state index in [-0.39, 0.29) is 35.2 Å². The van der Waals surface area contributed by atoms with Crippen LogP contribution in [0.5, 0.6) is 0 Å². The number of nitrogens with zero attached hydrogens (tertiary/aromatic N) is 1. The lowest BCUT2D eigenvalue weighted by Crippen LogP contribution is -2.36. The van der Waals surface area contributed by atoms with E-state index in [1.165, 1.54) is 29.2 Å². The topological polar surface area (TPSA) is 113 Å². The largest absolute Gasteiger partial charge is 0.478 e. The number of fused-ring (bicyclic) bond motifs is 1. The Labute approximate surface area is 172 Å².